The molecule has 0 aliphatic heterocycles. The first-order valence-electron chi connectivity index (χ1n) is 7.61. The van der Waals surface area contributed by atoms with Gasteiger partial charge >= 0.3 is 0 Å². The van der Waals surface area contributed by atoms with E-state index in [2.05, 4.69) is 11.9 Å². The first-order chi connectivity index (χ1) is 12.2. The van der Waals surface area contributed by atoms with Crippen LogP contribution in [-0.2, 0) is 10.0 Å². The zero-order valence-electron chi connectivity index (χ0n) is 14.4. The Morgan fingerprint density at radius 2 is 2.04 bits per heavy atom. The normalized spacial score (nSPS) is 10.9. The number of anilines is 2. The Hall–Kier alpha value is -2.51. The molecule has 0 unspecified atom stereocenters. The number of nitrogens with zero attached hydrogens (tertiary/aromatic N) is 1. The van der Waals surface area contributed by atoms with Gasteiger partial charge in [0, 0.05) is 18.8 Å². The van der Waals surface area contributed by atoms with Gasteiger partial charge in [-0.25, -0.2) is 8.42 Å². The van der Waals surface area contributed by atoms with Crippen molar-refractivity contribution in [2.45, 2.75) is 0 Å². The molecule has 138 valence electrons. The van der Waals surface area contributed by atoms with Crippen LogP contribution in [0.4, 0.5) is 11.4 Å². The molecule has 2 rings (SSSR count). The lowest BCUT2D eigenvalue weighted by Crippen LogP contribution is -2.25. The van der Waals surface area contributed by atoms with Crippen molar-refractivity contribution < 1.29 is 17.9 Å². The van der Waals surface area contributed by atoms with Gasteiger partial charge in [-0.05, 0) is 30.3 Å². The lowest BCUT2D eigenvalue weighted by atomic mass is 10.2. The van der Waals surface area contributed by atoms with Gasteiger partial charge in [0.15, 0.2) is 0 Å². The maximum Gasteiger partial charge on any atom is 0.257 e. The lowest BCUT2D eigenvalue weighted by molar-refractivity contribution is 0.102. The second-order valence-corrected chi connectivity index (χ2v) is 7.90. The van der Waals surface area contributed by atoms with Gasteiger partial charge in [0.25, 0.3) is 5.91 Å². The van der Waals surface area contributed by atoms with Gasteiger partial charge in [0.1, 0.15) is 12.4 Å². The van der Waals surface area contributed by atoms with Gasteiger partial charge in [-0.2, -0.15) is 0 Å². The van der Waals surface area contributed by atoms with Gasteiger partial charge < -0.3 is 10.1 Å². The van der Waals surface area contributed by atoms with E-state index in [9.17, 15) is 13.2 Å². The number of rotatable bonds is 7. The van der Waals surface area contributed by atoms with E-state index >= 15 is 0 Å². The Kier molecular flexibility index (Phi) is 6.28. The van der Waals surface area contributed by atoms with Crippen LogP contribution in [0.15, 0.2) is 55.1 Å². The predicted molar refractivity (Wildman–Crippen MR) is 105 cm³/mol. The van der Waals surface area contributed by atoms with Crippen LogP contribution in [0, 0.1) is 0 Å². The van der Waals surface area contributed by atoms with E-state index in [0.29, 0.717) is 23.7 Å². The molecule has 0 aliphatic carbocycles. The molecule has 26 heavy (non-hydrogen) atoms. The maximum absolute atomic E-state index is 12.5. The number of carbonyl (C=O) groups is 1. The highest BCUT2D eigenvalue weighted by Gasteiger charge is 2.16. The predicted octanol–water partition coefficient (Wildman–Crippen LogP) is 3.55. The molecule has 1 N–H and O–H groups in total. The summed E-state index contributed by atoms with van der Waals surface area (Å²) in [7, 11) is -2.00. The number of sulfonamides is 1. The van der Waals surface area contributed by atoms with Crippen LogP contribution in [0.3, 0.4) is 0 Å². The molecule has 0 spiro atoms. The second-order valence-electron chi connectivity index (χ2n) is 5.48. The lowest BCUT2D eigenvalue weighted by Gasteiger charge is -2.17. The van der Waals surface area contributed by atoms with Crippen LogP contribution in [0.1, 0.15) is 10.4 Å². The van der Waals surface area contributed by atoms with Crippen molar-refractivity contribution in [2.75, 3.05) is 29.5 Å². The number of benzene rings is 2. The fraction of sp³-hybridized carbons (Fsp3) is 0.167. The minimum Gasteiger partial charge on any atom is -0.489 e. The summed E-state index contributed by atoms with van der Waals surface area (Å²) in [6, 6.07) is 11.3. The third-order valence-electron chi connectivity index (χ3n) is 3.52. The molecule has 2 aromatic carbocycles. The number of amides is 1. The minimum absolute atomic E-state index is 0.148. The quantitative estimate of drug-likeness (QED) is 0.728. The van der Waals surface area contributed by atoms with Crippen LogP contribution in [0.5, 0.6) is 5.75 Å². The molecule has 0 saturated carbocycles. The SMILES string of the molecule is C=CCOc1cccc(NC(=O)c2ccc(N(C)S(C)(=O)=O)cc2Cl)c1. The monoisotopic (exact) mass is 394 g/mol. The Bertz CT molecular complexity index is 929. The van der Waals surface area contributed by atoms with Gasteiger partial charge in [0.05, 0.1) is 22.5 Å². The summed E-state index contributed by atoms with van der Waals surface area (Å²) in [5.74, 6) is 0.184. The Morgan fingerprint density at radius 1 is 1.31 bits per heavy atom. The molecule has 0 aromatic heterocycles. The average Bonchev–Trinajstić information content (AvgIpc) is 2.58. The summed E-state index contributed by atoms with van der Waals surface area (Å²) in [5, 5.41) is 2.88. The molecule has 1 amide bonds. The summed E-state index contributed by atoms with van der Waals surface area (Å²) >= 11 is 6.17. The average molecular weight is 395 g/mol. The Labute approximate surface area is 158 Å². The van der Waals surface area contributed by atoms with Crippen LogP contribution < -0.4 is 14.4 Å². The van der Waals surface area contributed by atoms with Crippen molar-refractivity contribution in [1.29, 1.82) is 0 Å². The molecule has 0 atom stereocenters. The molecule has 0 saturated heterocycles. The van der Waals surface area contributed by atoms with E-state index in [1.54, 1.807) is 30.3 Å². The van der Waals surface area contributed by atoms with Crippen molar-refractivity contribution in [1.82, 2.24) is 0 Å². The van der Waals surface area contributed by atoms with E-state index in [-0.39, 0.29) is 10.6 Å². The van der Waals surface area contributed by atoms with Crippen LogP contribution in [-0.4, -0.2) is 34.2 Å². The summed E-state index contributed by atoms with van der Waals surface area (Å²) in [5.41, 5.74) is 1.15. The fourth-order valence-electron chi connectivity index (χ4n) is 2.09. The van der Waals surface area contributed by atoms with E-state index in [1.165, 1.54) is 25.2 Å². The standard InChI is InChI=1S/C18H19ClN2O4S/c1-4-10-25-15-7-5-6-13(11-15)20-18(22)16-9-8-14(12-17(16)19)21(2)26(3,23)24/h4-9,11-12H,1,10H2,2-3H3,(H,20,22). The molecule has 0 radical (unpaired) electrons. The van der Waals surface area contributed by atoms with Crippen molar-refractivity contribution in [2.24, 2.45) is 0 Å². The molecule has 0 heterocycles. The van der Waals surface area contributed by atoms with E-state index < -0.39 is 15.9 Å². The summed E-state index contributed by atoms with van der Waals surface area (Å²) in [4.78, 5) is 12.5. The number of nitrogens with one attached hydrogen (secondary N) is 1. The minimum atomic E-state index is -3.41. The largest absolute Gasteiger partial charge is 0.489 e. The third-order valence-corrected chi connectivity index (χ3v) is 5.04. The van der Waals surface area contributed by atoms with Crippen molar-refractivity contribution in [3.63, 3.8) is 0 Å². The molecular formula is C18H19ClN2O4S. The molecular weight excluding hydrogens is 376 g/mol. The third kappa shape index (κ3) is 5.00. The van der Waals surface area contributed by atoms with Crippen molar-refractivity contribution in [3.05, 3.63) is 65.7 Å². The molecule has 6 nitrogen and oxygen atoms in total. The maximum atomic E-state index is 12.5. The Morgan fingerprint density at radius 3 is 2.65 bits per heavy atom. The molecule has 2 aromatic rings. The summed E-state index contributed by atoms with van der Waals surface area (Å²) in [6.45, 7) is 3.94. The molecule has 8 heteroatoms. The number of hydrogen-bond acceptors (Lipinski definition) is 4. The van der Waals surface area contributed by atoms with Crippen molar-refractivity contribution in [3.8, 4) is 5.75 Å². The van der Waals surface area contributed by atoms with E-state index in [1.807, 2.05) is 0 Å². The highest BCUT2D eigenvalue weighted by molar-refractivity contribution is 7.92. The number of hydrogen-bond donors (Lipinski definition) is 1. The topological polar surface area (TPSA) is 75.7 Å². The number of halogens is 1. The van der Waals surface area contributed by atoms with Crippen LogP contribution in [0.2, 0.25) is 5.02 Å². The van der Waals surface area contributed by atoms with Crippen LogP contribution >= 0.6 is 11.6 Å². The summed E-state index contributed by atoms with van der Waals surface area (Å²) in [6.07, 6.45) is 2.71. The van der Waals surface area contributed by atoms with Crippen LogP contribution in [0.25, 0.3) is 0 Å². The molecule has 0 fully saturated rings. The van der Waals surface area contributed by atoms with Gasteiger partial charge in [-0.15, -0.1) is 0 Å². The smallest absolute Gasteiger partial charge is 0.257 e. The number of carbonyl (C=O) groups excluding carboxylic acids is 1. The zero-order valence-corrected chi connectivity index (χ0v) is 16.0. The highest BCUT2D eigenvalue weighted by Crippen LogP contribution is 2.26. The van der Waals surface area contributed by atoms with E-state index in [0.717, 1.165) is 10.6 Å². The first kappa shape index (κ1) is 19.8. The van der Waals surface area contributed by atoms with Gasteiger partial charge in [-0.3, -0.25) is 9.10 Å². The van der Waals surface area contributed by atoms with Gasteiger partial charge in [-0.1, -0.05) is 30.3 Å². The second kappa shape index (κ2) is 8.25. The molecule has 0 aliphatic rings. The Balaban J connectivity index is 2.19. The zero-order chi connectivity index (χ0) is 19.3. The highest BCUT2D eigenvalue weighted by atomic mass is 35.5. The number of ether oxygens (including phenoxy) is 1. The molecule has 0 bridgehead atoms. The van der Waals surface area contributed by atoms with Gasteiger partial charge in [0.2, 0.25) is 10.0 Å². The fourth-order valence-corrected chi connectivity index (χ4v) is 2.85. The summed E-state index contributed by atoms with van der Waals surface area (Å²) < 4.78 is 29.7. The van der Waals surface area contributed by atoms with Crippen molar-refractivity contribution >= 4 is 38.9 Å². The first-order valence-corrected chi connectivity index (χ1v) is 9.83. The van der Waals surface area contributed by atoms with E-state index in [4.69, 9.17) is 16.3 Å².